The molecule has 0 aliphatic carbocycles. The molecular formula is C22H39NO6. The monoisotopic (exact) mass is 413 g/mol. The van der Waals surface area contributed by atoms with Gasteiger partial charge in [0.25, 0.3) is 0 Å². The number of nitrogens with zero attached hydrogens (tertiary/aromatic N) is 1. The highest BCUT2D eigenvalue weighted by molar-refractivity contribution is 5.72. The SMILES string of the molecule is CCCCCCCCCC/C=C/CCCC[N+](CC(=O)[O-])(CC(=O)O)CC(=O)O. The topological polar surface area (TPSA) is 115 Å². The Morgan fingerprint density at radius 2 is 1.17 bits per heavy atom. The highest BCUT2D eigenvalue weighted by Gasteiger charge is 2.33. The number of unbranched alkanes of at least 4 members (excludes halogenated alkanes) is 10. The van der Waals surface area contributed by atoms with Gasteiger partial charge < -0.3 is 24.6 Å². The molecule has 0 bridgehead atoms. The van der Waals surface area contributed by atoms with Crippen molar-refractivity contribution in [1.82, 2.24) is 0 Å². The van der Waals surface area contributed by atoms with Crippen molar-refractivity contribution >= 4 is 17.9 Å². The van der Waals surface area contributed by atoms with Crippen LogP contribution in [0.15, 0.2) is 12.2 Å². The fraction of sp³-hybridized carbons (Fsp3) is 0.773. The van der Waals surface area contributed by atoms with Gasteiger partial charge in [-0.15, -0.1) is 0 Å². The van der Waals surface area contributed by atoms with E-state index in [2.05, 4.69) is 19.1 Å². The van der Waals surface area contributed by atoms with Crippen molar-refractivity contribution in [3.63, 3.8) is 0 Å². The third kappa shape index (κ3) is 16.7. The van der Waals surface area contributed by atoms with Gasteiger partial charge in [-0.1, -0.05) is 64.0 Å². The van der Waals surface area contributed by atoms with Crippen LogP contribution < -0.4 is 5.11 Å². The first-order valence-electron chi connectivity index (χ1n) is 10.9. The number of hydrogen-bond acceptors (Lipinski definition) is 4. The molecule has 0 fully saturated rings. The Balaban J connectivity index is 4.07. The fourth-order valence-corrected chi connectivity index (χ4v) is 3.59. The van der Waals surface area contributed by atoms with E-state index >= 15 is 0 Å². The Kier molecular flexibility index (Phi) is 15.9. The smallest absolute Gasteiger partial charge is 0.359 e. The van der Waals surface area contributed by atoms with Crippen LogP contribution in [0.25, 0.3) is 0 Å². The summed E-state index contributed by atoms with van der Waals surface area (Å²) in [5, 5.41) is 29.1. The van der Waals surface area contributed by atoms with E-state index in [0.717, 1.165) is 19.3 Å². The Morgan fingerprint density at radius 1 is 0.724 bits per heavy atom. The van der Waals surface area contributed by atoms with Crippen molar-refractivity contribution in [2.75, 3.05) is 26.2 Å². The molecule has 0 aromatic rings. The summed E-state index contributed by atoms with van der Waals surface area (Å²) in [7, 11) is 0. The number of allylic oxidation sites excluding steroid dienone is 2. The van der Waals surface area contributed by atoms with Crippen molar-refractivity contribution in [1.29, 1.82) is 0 Å². The highest BCUT2D eigenvalue weighted by Crippen LogP contribution is 2.12. The van der Waals surface area contributed by atoms with Crippen LogP contribution in [0.5, 0.6) is 0 Å². The normalized spacial score (nSPS) is 11.8. The zero-order chi connectivity index (χ0) is 22.0. The number of carboxylic acid groups (broad SMARTS) is 3. The lowest BCUT2D eigenvalue weighted by molar-refractivity contribution is -0.909. The largest absolute Gasteiger partial charge is 0.544 e. The molecule has 168 valence electrons. The average molecular weight is 414 g/mol. The first-order chi connectivity index (χ1) is 13.8. The summed E-state index contributed by atoms with van der Waals surface area (Å²) < 4.78 is -0.519. The Morgan fingerprint density at radius 3 is 1.62 bits per heavy atom. The molecule has 0 radical (unpaired) electrons. The Labute approximate surface area is 175 Å². The zero-order valence-corrected chi connectivity index (χ0v) is 17.9. The van der Waals surface area contributed by atoms with Gasteiger partial charge in [-0.25, -0.2) is 9.59 Å². The lowest BCUT2D eigenvalue weighted by Gasteiger charge is -2.36. The van der Waals surface area contributed by atoms with E-state index in [1.807, 2.05) is 0 Å². The van der Waals surface area contributed by atoms with E-state index < -0.39 is 42.0 Å². The minimum atomic E-state index is -1.43. The molecule has 0 heterocycles. The van der Waals surface area contributed by atoms with Gasteiger partial charge in [0, 0.05) is 0 Å². The minimum Gasteiger partial charge on any atom is -0.544 e. The summed E-state index contributed by atoms with van der Waals surface area (Å²) in [4.78, 5) is 33.2. The third-order valence-electron chi connectivity index (χ3n) is 5.05. The zero-order valence-electron chi connectivity index (χ0n) is 17.9. The number of aliphatic carboxylic acids is 3. The van der Waals surface area contributed by atoms with Crippen LogP contribution in [-0.2, 0) is 14.4 Å². The number of quaternary nitrogens is 1. The number of carbonyl (C=O) groups is 3. The second kappa shape index (κ2) is 17.0. The average Bonchev–Trinajstić information content (AvgIpc) is 2.60. The van der Waals surface area contributed by atoms with Crippen molar-refractivity contribution in [2.45, 2.75) is 84.0 Å². The minimum absolute atomic E-state index is 0.193. The predicted molar refractivity (Wildman–Crippen MR) is 110 cm³/mol. The summed E-state index contributed by atoms with van der Waals surface area (Å²) in [5.74, 6) is -3.85. The molecule has 0 atom stereocenters. The summed E-state index contributed by atoms with van der Waals surface area (Å²) in [6.07, 6.45) is 17.8. The molecule has 0 amide bonds. The van der Waals surface area contributed by atoms with Crippen LogP contribution in [0, 0.1) is 0 Å². The van der Waals surface area contributed by atoms with Crippen LogP contribution in [0.3, 0.4) is 0 Å². The third-order valence-corrected chi connectivity index (χ3v) is 5.05. The molecule has 0 aromatic carbocycles. The van der Waals surface area contributed by atoms with E-state index in [9.17, 15) is 19.5 Å². The predicted octanol–water partition coefficient (Wildman–Crippen LogP) is 2.98. The molecule has 0 aromatic heterocycles. The van der Waals surface area contributed by atoms with Gasteiger partial charge in [0.15, 0.2) is 13.1 Å². The Bertz CT molecular complexity index is 463. The van der Waals surface area contributed by atoms with Gasteiger partial charge in [-0.05, 0) is 32.1 Å². The van der Waals surface area contributed by atoms with Crippen LogP contribution in [0.2, 0.25) is 0 Å². The van der Waals surface area contributed by atoms with Crippen molar-refractivity contribution < 1.29 is 34.2 Å². The van der Waals surface area contributed by atoms with E-state index in [-0.39, 0.29) is 6.54 Å². The molecule has 0 aliphatic heterocycles. The standard InChI is InChI=1S/C22H39NO6/c1-2-3-4-5-6-7-8-9-10-11-12-13-14-15-16-23(17-20(24)25,18-21(26)27)19-22(28)29/h11-12H,2-10,13-19H2,1H3,(H2-,24,25,26,27,28,29)/b12-11+. The van der Waals surface area contributed by atoms with Crippen LogP contribution in [-0.4, -0.2) is 58.8 Å². The van der Waals surface area contributed by atoms with Crippen molar-refractivity contribution in [2.24, 2.45) is 0 Å². The molecule has 7 heteroatoms. The van der Waals surface area contributed by atoms with Crippen molar-refractivity contribution in [3.05, 3.63) is 12.2 Å². The second-order valence-electron chi connectivity index (χ2n) is 7.93. The summed E-state index contributed by atoms with van der Waals surface area (Å²) >= 11 is 0. The molecule has 2 N–H and O–H groups in total. The van der Waals surface area contributed by atoms with Gasteiger partial charge in [-0.2, -0.15) is 0 Å². The maximum Gasteiger partial charge on any atom is 0.359 e. The Hall–Kier alpha value is -1.89. The van der Waals surface area contributed by atoms with Crippen LogP contribution >= 0.6 is 0 Å². The van der Waals surface area contributed by atoms with Gasteiger partial charge in [0.05, 0.1) is 12.5 Å². The number of rotatable bonds is 20. The van der Waals surface area contributed by atoms with E-state index in [1.165, 1.54) is 51.4 Å². The molecule has 0 saturated heterocycles. The maximum absolute atomic E-state index is 11.1. The van der Waals surface area contributed by atoms with Crippen LogP contribution in [0.1, 0.15) is 84.0 Å². The molecule has 0 saturated carbocycles. The first-order valence-corrected chi connectivity index (χ1v) is 10.9. The van der Waals surface area contributed by atoms with Gasteiger partial charge in [0.1, 0.15) is 6.54 Å². The molecule has 29 heavy (non-hydrogen) atoms. The van der Waals surface area contributed by atoms with Crippen LogP contribution in [0.4, 0.5) is 0 Å². The first kappa shape index (κ1) is 27.1. The van der Waals surface area contributed by atoms with E-state index in [4.69, 9.17) is 10.2 Å². The maximum atomic E-state index is 11.1. The lowest BCUT2D eigenvalue weighted by atomic mass is 10.1. The van der Waals surface area contributed by atoms with Gasteiger partial charge in [-0.3, -0.25) is 0 Å². The molecule has 0 unspecified atom stereocenters. The summed E-state index contributed by atoms with van der Waals surface area (Å²) in [5.41, 5.74) is 0. The highest BCUT2D eigenvalue weighted by atomic mass is 16.4. The number of carboxylic acids is 3. The summed E-state index contributed by atoms with van der Waals surface area (Å²) in [6, 6.07) is 0. The fourth-order valence-electron chi connectivity index (χ4n) is 3.59. The van der Waals surface area contributed by atoms with Gasteiger partial charge in [0.2, 0.25) is 0 Å². The van der Waals surface area contributed by atoms with E-state index in [1.54, 1.807) is 0 Å². The molecule has 7 nitrogen and oxygen atoms in total. The quantitative estimate of drug-likeness (QED) is 0.180. The molecule has 0 rings (SSSR count). The molecular weight excluding hydrogens is 374 g/mol. The second-order valence-corrected chi connectivity index (χ2v) is 7.93. The summed E-state index contributed by atoms with van der Waals surface area (Å²) in [6.45, 7) is 0.746. The number of carbonyl (C=O) groups excluding carboxylic acids is 1. The van der Waals surface area contributed by atoms with Gasteiger partial charge >= 0.3 is 11.9 Å². The van der Waals surface area contributed by atoms with Crippen molar-refractivity contribution in [3.8, 4) is 0 Å². The number of hydrogen-bond donors (Lipinski definition) is 2. The van der Waals surface area contributed by atoms with E-state index in [0.29, 0.717) is 6.42 Å². The lowest BCUT2D eigenvalue weighted by Crippen LogP contribution is -2.59. The molecule has 0 spiro atoms. The molecule has 0 aliphatic rings.